The Kier molecular flexibility index (Phi) is 5.12. The molecule has 8 nitrogen and oxygen atoms in total. The molecule has 4 rings (SSSR count). The first-order valence-electron chi connectivity index (χ1n) is 9.01. The fourth-order valence-electron chi connectivity index (χ4n) is 3.21. The molecule has 0 unspecified atom stereocenters. The van der Waals surface area contributed by atoms with Gasteiger partial charge in [0.2, 0.25) is 15.9 Å². The highest BCUT2D eigenvalue weighted by Gasteiger charge is 2.26. The number of benzene rings is 2. The quantitative estimate of drug-likeness (QED) is 0.701. The lowest BCUT2D eigenvalue weighted by atomic mass is 10.2. The highest BCUT2D eigenvalue weighted by atomic mass is 32.2. The van der Waals surface area contributed by atoms with Crippen molar-refractivity contribution in [2.75, 3.05) is 43.4 Å². The number of nitrogens with zero attached hydrogens (tertiary/aromatic N) is 1. The van der Waals surface area contributed by atoms with Crippen molar-refractivity contribution in [1.29, 1.82) is 0 Å². The Labute approximate surface area is 164 Å². The van der Waals surface area contributed by atoms with Crippen LogP contribution in [0.4, 0.5) is 11.4 Å². The van der Waals surface area contributed by atoms with Crippen molar-refractivity contribution in [1.82, 2.24) is 10.0 Å². The summed E-state index contributed by atoms with van der Waals surface area (Å²) in [5.41, 5.74) is 1.91. The summed E-state index contributed by atoms with van der Waals surface area (Å²) in [6.45, 7) is 3.66. The molecule has 2 aromatic carbocycles. The zero-order chi connectivity index (χ0) is 19.6. The maximum Gasteiger partial charge on any atom is 0.244 e. The average molecular weight is 402 g/mol. The molecule has 2 aliphatic heterocycles. The van der Waals surface area contributed by atoms with Crippen molar-refractivity contribution in [3.05, 3.63) is 54.6 Å². The third kappa shape index (κ3) is 3.64. The van der Waals surface area contributed by atoms with Gasteiger partial charge in [-0.05, 0) is 31.3 Å². The molecule has 0 bridgehead atoms. The van der Waals surface area contributed by atoms with Gasteiger partial charge in [-0.3, -0.25) is 0 Å². The molecule has 0 atom stereocenters. The Hall–Kier alpha value is -2.75. The van der Waals surface area contributed by atoms with Gasteiger partial charge < -0.3 is 25.0 Å². The minimum Gasteiger partial charge on any atom is -0.455 e. The highest BCUT2D eigenvalue weighted by Crippen LogP contribution is 2.39. The van der Waals surface area contributed by atoms with E-state index in [0.717, 1.165) is 37.6 Å². The number of hydrogen-bond acceptors (Lipinski definition) is 7. The number of para-hydroxylation sites is 3. The van der Waals surface area contributed by atoms with E-state index in [1.165, 1.54) is 19.4 Å². The topological polar surface area (TPSA) is 91.9 Å². The molecule has 0 spiro atoms. The summed E-state index contributed by atoms with van der Waals surface area (Å²) < 4.78 is 38.4. The summed E-state index contributed by atoms with van der Waals surface area (Å²) in [5, 5.41) is 6.56. The maximum atomic E-state index is 12.3. The van der Waals surface area contributed by atoms with Crippen LogP contribution in [0.1, 0.15) is 0 Å². The standard InChI is InChI=1S/C19H22N4O4S/c1-20-28(24,25)17-8-4-7-16-19(17)27-18(13-26-16)22-14-5-2-3-6-15(14)23-11-9-21-10-12-23/h2-8,13,20-22H,9-12H2,1H3. The monoisotopic (exact) mass is 402 g/mol. The number of anilines is 2. The van der Waals surface area contributed by atoms with Crippen molar-refractivity contribution >= 4 is 21.4 Å². The first kappa shape index (κ1) is 18.6. The Morgan fingerprint density at radius 3 is 2.64 bits per heavy atom. The van der Waals surface area contributed by atoms with Gasteiger partial charge in [0.05, 0.1) is 11.4 Å². The molecule has 0 amide bonds. The van der Waals surface area contributed by atoms with E-state index in [1.807, 2.05) is 24.3 Å². The SMILES string of the molecule is CNS(=O)(=O)c1cccc2c1OC(Nc1ccccc1N1CCNCC1)=CO2. The summed E-state index contributed by atoms with van der Waals surface area (Å²) >= 11 is 0. The molecule has 0 aliphatic carbocycles. The number of ether oxygens (including phenoxy) is 2. The second kappa shape index (κ2) is 7.70. The fraction of sp³-hybridized carbons (Fsp3) is 0.263. The number of sulfonamides is 1. The molecule has 0 radical (unpaired) electrons. The van der Waals surface area contributed by atoms with Gasteiger partial charge in [0.25, 0.3) is 0 Å². The molecule has 148 valence electrons. The van der Waals surface area contributed by atoms with Crippen LogP contribution in [-0.4, -0.2) is 41.6 Å². The van der Waals surface area contributed by atoms with Crippen LogP contribution in [0.25, 0.3) is 0 Å². The van der Waals surface area contributed by atoms with E-state index in [9.17, 15) is 8.42 Å². The third-order valence-electron chi connectivity index (χ3n) is 4.63. The zero-order valence-corrected chi connectivity index (χ0v) is 16.3. The number of hydrogen-bond donors (Lipinski definition) is 3. The molecular weight excluding hydrogens is 380 g/mol. The Morgan fingerprint density at radius 2 is 1.86 bits per heavy atom. The Morgan fingerprint density at radius 1 is 1.07 bits per heavy atom. The summed E-state index contributed by atoms with van der Waals surface area (Å²) in [6, 6.07) is 12.7. The second-order valence-corrected chi connectivity index (χ2v) is 8.23. The van der Waals surface area contributed by atoms with Crippen molar-refractivity contribution < 1.29 is 17.9 Å². The van der Waals surface area contributed by atoms with Crippen LogP contribution in [-0.2, 0) is 10.0 Å². The zero-order valence-electron chi connectivity index (χ0n) is 15.4. The van der Waals surface area contributed by atoms with Gasteiger partial charge in [-0.2, -0.15) is 0 Å². The second-order valence-electron chi connectivity index (χ2n) is 6.37. The molecular formula is C19H22N4O4S. The minimum absolute atomic E-state index is 0.0234. The van der Waals surface area contributed by atoms with Gasteiger partial charge in [0.15, 0.2) is 17.8 Å². The van der Waals surface area contributed by atoms with Crippen LogP contribution in [0.2, 0.25) is 0 Å². The van der Waals surface area contributed by atoms with Gasteiger partial charge in [-0.15, -0.1) is 0 Å². The van der Waals surface area contributed by atoms with Crippen LogP contribution in [0, 0.1) is 0 Å². The first-order valence-corrected chi connectivity index (χ1v) is 10.5. The molecule has 0 aromatic heterocycles. The van der Waals surface area contributed by atoms with Crippen molar-refractivity contribution in [2.24, 2.45) is 0 Å². The lowest BCUT2D eigenvalue weighted by Gasteiger charge is -2.31. The van der Waals surface area contributed by atoms with E-state index in [2.05, 4.69) is 20.3 Å². The largest absolute Gasteiger partial charge is 0.455 e. The van der Waals surface area contributed by atoms with E-state index in [0.29, 0.717) is 11.6 Å². The van der Waals surface area contributed by atoms with Crippen LogP contribution >= 0.6 is 0 Å². The maximum absolute atomic E-state index is 12.3. The predicted octanol–water partition coefficient (Wildman–Crippen LogP) is 1.69. The molecule has 28 heavy (non-hydrogen) atoms. The van der Waals surface area contributed by atoms with Gasteiger partial charge in [0.1, 0.15) is 4.90 Å². The Bertz CT molecular complexity index is 1000. The van der Waals surface area contributed by atoms with Gasteiger partial charge in [-0.1, -0.05) is 18.2 Å². The molecule has 1 fully saturated rings. The van der Waals surface area contributed by atoms with Crippen molar-refractivity contribution in [3.63, 3.8) is 0 Å². The normalized spacial score (nSPS) is 16.5. The van der Waals surface area contributed by atoms with Crippen LogP contribution < -0.4 is 29.7 Å². The van der Waals surface area contributed by atoms with Crippen molar-refractivity contribution in [2.45, 2.75) is 4.90 Å². The van der Waals surface area contributed by atoms with E-state index in [1.54, 1.807) is 12.1 Å². The summed E-state index contributed by atoms with van der Waals surface area (Å²) in [7, 11) is -2.33. The van der Waals surface area contributed by atoms with Crippen LogP contribution in [0.3, 0.4) is 0 Å². The van der Waals surface area contributed by atoms with E-state index < -0.39 is 10.0 Å². The van der Waals surface area contributed by atoms with Gasteiger partial charge in [-0.25, -0.2) is 13.1 Å². The molecule has 2 aliphatic rings. The summed E-state index contributed by atoms with van der Waals surface area (Å²) in [6.07, 6.45) is 1.44. The number of fused-ring (bicyclic) bond motifs is 1. The molecule has 3 N–H and O–H groups in total. The lowest BCUT2D eigenvalue weighted by molar-refractivity contribution is 0.322. The number of rotatable bonds is 5. The number of nitrogens with one attached hydrogen (secondary N) is 3. The molecule has 2 heterocycles. The van der Waals surface area contributed by atoms with E-state index in [4.69, 9.17) is 9.47 Å². The molecule has 9 heteroatoms. The lowest BCUT2D eigenvalue weighted by Crippen LogP contribution is -2.43. The van der Waals surface area contributed by atoms with E-state index >= 15 is 0 Å². The highest BCUT2D eigenvalue weighted by molar-refractivity contribution is 7.89. The fourth-order valence-corrected chi connectivity index (χ4v) is 4.07. The summed E-state index contributed by atoms with van der Waals surface area (Å²) in [4.78, 5) is 2.31. The number of piperazine rings is 1. The van der Waals surface area contributed by atoms with Gasteiger partial charge in [0, 0.05) is 26.2 Å². The minimum atomic E-state index is -3.69. The van der Waals surface area contributed by atoms with E-state index in [-0.39, 0.29) is 10.6 Å². The smallest absolute Gasteiger partial charge is 0.244 e. The van der Waals surface area contributed by atoms with Crippen LogP contribution in [0.15, 0.2) is 59.5 Å². The molecule has 2 aromatic rings. The predicted molar refractivity (Wildman–Crippen MR) is 107 cm³/mol. The summed E-state index contributed by atoms with van der Waals surface area (Å²) in [5.74, 6) is 0.813. The van der Waals surface area contributed by atoms with Gasteiger partial charge >= 0.3 is 0 Å². The molecule has 0 saturated carbocycles. The average Bonchev–Trinajstić information content (AvgIpc) is 2.74. The Balaban J connectivity index is 1.60. The first-order chi connectivity index (χ1) is 13.6. The third-order valence-corrected chi connectivity index (χ3v) is 6.06. The van der Waals surface area contributed by atoms with Crippen molar-refractivity contribution in [3.8, 4) is 11.5 Å². The molecule has 1 saturated heterocycles. The van der Waals surface area contributed by atoms with Crippen LogP contribution in [0.5, 0.6) is 11.5 Å².